The Labute approximate surface area is 84.4 Å². The van der Waals surface area contributed by atoms with Crippen LogP contribution in [0.2, 0.25) is 0 Å². The van der Waals surface area contributed by atoms with Gasteiger partial charge < -0.3 is 9.94 Å². The van der Waals surface area contributed by atoms with Crippen molar-refractivity contribution >= 4 is 0 Å². The molecule has 1 aliphatic carbocycles. The third-order valence-corrected chi connectivity index (χ3v) is 3.46. The van der Waals surface area contributed by atoms with Crippen LogP contribution in [0.5, 0.6) is 0 Å². The van der Waals surface area contributed by atoms with Crippen LogP contribution >= 0.6 is 0 Å². The SMILES string of the molecule is C=C=C1CCO[C@@H]2CCCC[C@]12NO. The minimum absolute atomic E-state index is 0.0965. The molecule has 2 rings (SSSR count). The van der Waals surface area contributed by atoms with Crippen LogP contribution in [0.4, 0.5) is 0 Å². The first-order chi connectivity index (χ1) is 6.83. The summed E-state index contributed by atoms with van der Waals surface area (Å²) in [5, 5.41) is 9.36. The van der Waals surface area contributed by atoms with Crippen LogP contribution in [0.3, 0.4) is 0 Å². The average Bonchev–Trinajstić information content (AvgIpc) is 2.27. The molecule has 2 fully saturated rings. The summed E-state index contributed by atoms with van der Waals surface area (Å²) in [4.78, 5) is 0. The molecule has 0 bridgehead atoms. The Balaban J connectivity index is 2.33. The Hall–Kier alpha value is -0.600. The zero-order chi connectivity index (χ0) is 10.0. The zero-order valence-corrected chi connectivity index (χ0v) is 8.38. The lowest BCUT2D eigenvalue weighted by Gasteiger charge is -2.46. The van der Waals surface area contributed by atoms with E-state index in [1.165, 1.54) is 6.42 Å². The van der Waals surface area contributed by atoms with E-state index in [4.69, 9.17) is 4.74 Å². The lowest BCUT2D eigenvalue weighted by Crippen LogP contribution is -2.59. The van der Waals surface area contributed by atoms with Crippen LogP contribution in [0, 0.1) is 0 Å². The number of hydroxylamine groups is 1. The summed E-state index contributed by atoms with van der Waals surface area (Å²) in [5.41, 5.74) is 6.10. The van der Waals surface area contributed by atoms with Gasteiger partial charge in [-0.2, -0.15) is 5.48 Å². The van der Waals surface area contributed by atoms with Crippen molar-refractivity contribution in [1.29, 1.82) is 0 Å². The van der Waals surface area contributed by atoms with Crippen LogP contribution in [-0.4, -0.2) is 23.5 Å². The third-order valence-electron chi connectivity index (χ3n) is 3.46. The highest BCUT2D eigenvalue weighted by atomic mass is 16.5. The van der Waals surface area contributed by atoms with E-state index in [1.54, 1.807) is 0 Å². The molecule has 1 saturated carbocycles. The lowest BCUT2D eigenvalue weighted by molar-refractivity contribution is -0.0922. The average molecular weight is 195 g/mol. The molecular weight excluding hydrogens is 178 g/mol. The molecule has 0 aromatic heterocycles. The molecule has 2 atom stereocenters. The van der Waals surface area contributed by atoms with E-state index in [2.05, 4.69) is 17.8 Å². The van der Waals surface area contributed by atoms with Crippen LogP contribution in [0.1, 0.15) is 32.1 Å². The van der Waals surface area contributed by atoms with E-state index >= 15 is 0 Å². The second-order valence-corrected chi connectivity index (χ2v) is 4.09. The molecule has 0 unspecified atom stereocenters. The molecule has 1 heterocycles. The van der Waals surface area contributed by atoms with Gasteiger partial charge in [0, 0.05) is 6.42 Å². The molecular formula is C11H17NO2. The minimum atomic E-state index is -0.391. The first-order valence-corrected chi connectivity index (χ1v) is 5.26. The Morgan fingerprint density at radius 1 is 1.57 bits per heavy atom. The summed E-state index contributed by atoms with van der Waals surface area (Å²) < 4.78 is 5.70. The number of fused-ring (bicyclic) bond motifs is 1. The van der Waals surface area contributed by atoms with Crippen molar-refractivity contribution in [3.05, 3.63) is 17.9 Å². The first-order valence-electron chi connectivity index (χ1n) is 5.26. The highest BCUT2D eigenvalue weighted by Gasteiger charge is 2.46. The second-order valence-electron chi connectivity index (χ2n) is 4.09. The molecule has 0 spiro atoms. The fourth-order valence-electron chi connectivity index (χ4n) is 2.68. The molecule has 3 nitrogen and oxygen atoms in total. The van der Waals surface area contributed by atoms with Gasteiger partial charge in [-0.1, -0.05) is 19.4 Å². The lowest BCUT2D eigenvalue weighted by atomic mass is 9.72. The van der Waals surface area contributed by atoms with Crippen LogP contribution in [0.15, 0.2) is 17.9 Å². The quantitative estimate of drug-likeness (QED) is 0.495. The Bertz CT molecular complexity index is 268. The van der Waals surface area contributed by atoms with Crippen molar-refractivity contribution in [3.63, 3.8) is 0 Å². The molecule has 0 aromatic carbocycles. The Morgan fingerprint density at radius 2 is 2.43 bits per heavy atom. The van der Waals surface area contributed by atoms with Gasteiger partial charge in [0.15, 0.2) is 0 Å². The van der Waals surface area contributed by atoms with Crippen molar-refractivity contribution < 1.29 is 9.94 Å². The molecule has 0 amide bonds. The molecule has 2 N–H and O–H groups in total. The molecule has 3 heteroatoms. The van der Waals surface area contributed by atoms with Gasteiger partial charge in [0.2, 0.25) is 0 Å². The maximum absolute atomic E-state index is 9.36. The topological polar surface area (TPSA) is 41.5 Å². The predicted octanol–water partition coefficient (Wildman–Crippen LogP) is 1.78. The van der Waals surface area contributed by atoms with Gasteiger partial charge >= 0.3 is 0 Å². The van der Waals surface area contributed by atoms with Gasteiger partial charge in [-0.05, 0) is 18.4 Å². The van der Waals surface area contributed by atoms with Crippen molar-refractivity contribution in [2.24, 2.45) is 0 Å². The predicted molar refractivity (Wildman–Crippen MR) is 53.1 cm³/mol. The van der Waals surface area contributed by atoms with Gasteiger partial charge in [-0.25, -0.2) is 0 Å². The molecule has 1 aliphatic heterocycles. The Kier molecular flexibility index (Phi) is 2.75. The van der Waals surface area contributed by atoms with Crippen LogP contribution in [-0.2, 0) is 4.74 Å². The molecule has 2 aliphatic rings. The van der Waals surface area contributed by atoms with Crippen molar-refractivity contribution in [2.45, 2.75) is 43.7 Å². The van der Waals surface area contributed by atoms with Gasteiger partial charge in [-0.15, -0.1) is 5.73 Å². The van der Waals surface area contributed by atoms with Crippen molar-refractivity contribution in [2.75, 3.05) is 6.61 Å². The largest absolute Gasteiger partial charge is 0.375 e. The third kappa shape index (κ3) is 1.33. The zero-order valence-electron chi connectivity index (χ0n) is 8.38. The highest BCUT2D eigenvalue weighted by molar-refractivity contribution is 5.24. The summed E-state index contributed by atoms with van der Waals surface area (Å²) in [5.74, 6) is 0. The van der Waals surface area contributed by atoms with E-state index in [-0.39, 0.29) is 6.10 Å². The number of nitrogens with one attached hydrogen (secondary N) is 1. The fraction of sp³-hybridized carbons (Fsp3) is 0.727. The van der Waals surface area contributed by atoms with Crippen molar-refractivity contribution in [1.82, 2.24) is 5.48 Å². The molecule has 0 aromatic rings. The van der Waals surface area contributed by atoms with Gasteiger partial charge in [-0.3, -0.25) is 0 Å². The Morgan fingerprint density at radius 3 is 3.14 bits per heavy atom. The number of ether oxygens (including phenoxy) is 1. The summed E-state index contributed by atoms with van der Waals surface area (Å²) in [6, 6.07) is 0. The summed E-state index contributed by atoms with van der Waals surface area (Å²) >= 11 is 0. The van der Waals surface area contributed by atoms with Crippen LogP contribution < -0.4 is 5.48 Å². The second kappa shape index (κ2) is 3.87. The first kappa shape index (κ1) is 9.94. The monoisotopic (exact) mass is 195 g/mol. The maximum atomic E-state index is 9.36. The summed E-state index contributed by atoms with van der Waals surface area (Å²) in [6.07, 6.45) is 5.16. The smallest absolute Gasteiger partial charge is 0.0973 e. The van der Waals surface area contributed by atoms with Gasteiger partial charge in [0.1, 0.15) is 0 Å². The van der Waals surface area contributed by atoms with Crippen molar-refractivity contribution in [3.8, 4) is 0 Å². The normalized spacial score (nSPS) is 37.5. The van der Waals surface area contributed by atoms with Gasteiger partial charge in [0.25, 0.3) is 0 Å². The number of rotatable bonds is 1. The van der Waals surface area contributed by atoms with E-state index in [0.717, 1.165) is 37.9 Å². The minimum Gasteiger partial charge on any atom is -0.375 e. The highest BCUT2D eigenvalue weighted by Crippen LogP contribution is 2.39. The maximum Gasteiger partial charge on any atom is 0.0973 e. The summed E-state index contributed by atoms with van der Waals surface area (Å²) in [7, 11) is 0. The van der Waals surface area contributed by atoms with E-state index in [9.17, 15) is 5.21 Å². The standard InChI is InChI=1S/C11H17NO2/c1-2-9-6-8-14-10-5-3-4-7-11(9,10)12-13/h10,12-13H,1,3-8H2/t10-,11+/m1/s1. The summed E-state index contributed by atoms with van der Waals surface area (Å²) in [6.45, 7) is 4.43. The van der Waals surface area contributed by atoms with Crippen LogP contribution in [0.25, 0.3) is 0 Å². The molecule has 1 saturated heterocycles. The molecule has 14 heavy (non-hydrogen) atoms. The number of hydrogen-bond acceptors (Lipinski definition) is 3. The fourth-order valence-corrected chi connectivity index (χ4v) is 2.68. The molecule has 78 valence electrons. The van der Waals surface area contributed by atoms with E-state index in [1.807, 2.05) is 0 Å². The van der Waals surface area contributed by atoms with Gasteiger partial charge in [0.05, 0.1) is 18.2 Å². The van der Waals surface area contributed by atoms with E-state index in [0.29, 0.717) is 0 Å². The number of hydrogen-bond donors (Lipinski definition) is 2. The molecule has 0 radical (unpaired) electrons. The van der Waals surface area contributed by atoms with E-state index < -0.39 is 5.54 Å².